The fraction of sp³-hybridized carbons (Fsp3) is 0.167. The highest BCUT2D eigenvalue weighted by atomic mass is 35.5. The molecule has 0 aliphatic rings. The van der Waals surface area contributed by atoms with Crippen LogP contribution in [0, 0.1) is 18.3 Å². The first kappa shape index (κ1) is 13.9. The molecule has 1 aromatic carbocycles. The second-order valence-corrected chi connectivity index (χ2v) is 3.74. The molecule has 0 saturated heterocycles. The van der Waals surface area contributed by atoms with E-state index in [4.69, 9.17) is 21.7 Å². The number of ether oxygens (including phenoxy) is 1. The molecule has 0 aliphatic heterocycles. The lowest BCUT2D eigenvalue weighted by Crippen LogP contribution is -2.12. The van der Waals surface area contributed by atoms with Crippen LogP contribution in [0.4, 0.5) is 5.69 Å². The van der Waals surface area contributed by atoms with Crippen LogP contribution in [0.15, 0.2) is 30.0 Å². The van der Waals surface area contributed by atoms with Crippen LogP contribution >= 0.6 is 11.6 Å². The second-order valence-electron chi connectivity index (χ2n) is 3.33. The number of aryl methyl sites for hydroxylation is 1. The predicted molar refractivity (Wildman–Crippen MR) is 66.6 cm³/mol. The molecule has 0 bridgehead atoms. The number of carbonyl (C=O) groups excluding carboxylic acids is 1. The summed E-state index contributed by atoms with van der Waals surface area (Å²) in [6, 6.07) is 6.73. The van der Waals surface area contributed by atoms with Gasteiger partial charge in [-0.3, -0.25) is 0 Å². The Labute approximate surface area is 110 Å². The first-order valence-electron chi connectivity index (χ1n) is 4.95. The molecular formula is C12H11ClN2O3. The number of nitrogens with zero attached hydrogens (tertiary/aromatic N) is 1. The van der Waals surface area contributed by atoms with E-state index in [1.165, 1.54) is 7.11 Å². The maximum Gasteiger partial charge on any atom is 0.376 e. The summed E-state index contributed by atoms with van der Waals surface area (Å²) in [6.45, 7) is 1.85. The fourth-order valence-corrected chi connectivity index (χ4v) is 1.24. The first-order chi connectivity index (χ1) is 8.58. The summed E-state index contributed by atoms with van der Waals surface area (Å²) in [4.78, 5) is 16.1. The van der Waals surface area contributed by atoms with E-state index in [0.29, 0.717) is 10.7 Å². The third kappa shape index (κ3) is 3.68. The van der Waals surface area contributed by atoms with Crippen molar-refractivity contribution < 1.29 is 14.4 Å². The van der Waals surface area contributed by atoms with Gasteiger partial charge in [0.05, 0.1) is 12.8 Å². The molecule has 1 N–H and O–H groups in total. The van der Waals surface area contributed by atoms with Crippen molar-refractivity contribution in [3.05, 3.63) is 40.6 Å². The number of carbonyl (C=O) groups is 1. The Balaban J connectivity index is 2.65. The highest BCUT2D eigenvalue weighted by molar-refractivity contribution is 6.31. The van der Waals surface area contributed by atoms with Crippen molar-refractivity contribution in [2.24, 2.45) is 0 Å². The number of halogens is 1. The van der Waals surface area contributed by atoms with Crippen LogP contribution in [-0.2, 0) is 14.4 Å². The number of methoxy groups -OCH3 is 1. The number of hydrogen-bond acceptors (Lipinski definition) is 5. The molecule has 0 saturated carbocycles. The zero-order valence-electron chi connectivity index (χ0n) is 9.86. The van der Waals surface area contributed by atoms with Crippen LogP contribution in [0.3, 0.4) is 0 Å². The van der Waals surface area contributed by atoms with Gasteiger partial charge in [0.1, 0.15) is 12.3 Å². The zero-order valence-corrected chi connectivity index (χ0v) is 10.6. The van der Waals surface area contributed by atoms with Gasteiger partial charge < -0.3 is 9.57 Å². The van der Waals surface area contributed by atoms with E-state index >= 15 is 0 Å². The molecule has 94 valence electrons. The van der Waals surface area contributed by atoms with Gasteiger partial charge in [-0.05, 0) is 24.6 Å². The molecule has 18 heavy (non-hydrogen) atoms. The highest BCUT2D eigenvalue weighted by Crippen LogP contribution is 2.20. The Hall–Kier alpha value is -2.19. The molecule has 0 spiro atoms. The van der Waals surface area contributed by atoms with Crippen molar-refractivity contribution in [3.63, 3.8) is 0 Å². The molecule has 0 aliphatic carbocycles. The van der Waals surface area contributed by atoms with Crippen molar-refractivity contribution in [1.29, 1.82) is 5.26 Å². The molecule has 1 rings (SSSR count). The van der Waals surface area contributed by atoms with Crippen molar-refractivity contribution in [1.82, 2.24) is 0 Å². The molecule has 6 heteroatoms. The molecular weight excluding hydrogens is 256 g/mol. The summed E-state index contributed by atoms with van der Waals surface area (Å²) in [5.74, 6) is -0.837. The van der Waals surface area contributed by atoms with E-state index in [-0.39, 0.29) is 5.57 Å². The van der Waals surface area contributed by atoms with Crippen molar-refractivity contribution in [3.8, 4) is 6.07 Å². The number of rotatable bonds is 4. The lowest BCUT2D eigenvalue weighted by atomic mass is 10.2. The monoisotopic (exact) mass is 266 g/mol. The van der Waals surface area contributed by atoms with Crippen molar-refractivity contribution in [2.75, 3.05) is 12.6 Å². The summed E-state index contributed by atoms with van der Waals surface area (Å²) >= 11 is 5.90. The minimum absolute atomic E-state index is 0.247. The van der Waals surface area contributed by atoms with E-state index < -0.39 is 5.97 Å². The molecule has 5 nitrogen and oxygen atoms in total. The van der Waals surface area contributed by atoms with Crippen LogP contribution in [-0.4, -0.2) is 13.1 Å². The van der Waals surface area contributed by atoms with Gasteiger partial charge in [0.2, 0.25) is 0 Å². The Morgan fingerprint density at radius 2 is 2.28 bits per heavy atom. The van der Waals surface area contributed by atoms with Gasteiger partial charge in [0.15, 0.2) is 5.57 Å². The number of nitrogens with one attached hydrogen (secondary N) is 1. The van der Waals surface area contributed by atoms with Crippen LogP contribution in [0.25, 0.3) is 0 Å². The summed E-state index contributed by atoms with van der Waals surface area (Å²) < 4.78 is 4.57. The molecule has 0 radical (unpaired) electrons. The van der Waals surface area contributed by atoms with Gasteiger partial charge in [-0.25, -0.2) is 10.3 Å². The smallest absolute Gasteiger partial charge is 0.376 e. The molecule has 0 atom stereocenters. The molecule has 0 heterocycles. The van der Waals surface area contributed by atoms with E-state index in [0.717, 1.165) is 11.8 Å². The average molecular weight is 267 g/mol. The van der Waals surface area contributed by atoms with Crippen molar-refractivity contribution in [2.45, 2.75) is 6.92 Å². The van der Waals surface area contributed by atoms with Gasteiger partial charge in [0, 0.05) is 5.02 Å². The third-order valence-electron chi connectivity index (χ3n) is 2.01. The standard InChI is InChI=1S/C12H11ClN2O3/c1-8-3-4-10(5-11(8)13)15-18-12(16)9(6-14)7-17-2/h3-5,7,15H,1-2H3. The third-order valence-corrected chi connectivity index (χ3v) is 2.42. The zero-order chi connectivity index (χ0) is 13.5. The van der Waals surface area contributed by atoms with Gasteiger partial charge in [-0.15, -0.1) is 0 Å². The lowest BCUT2D eigenvalue weighted by Gasteiger charge is -2.07. The molecule has 0 unspecified atom stereocenters. The van der Waals surface area contributed by atoms with Gasteiger partial charge in [-0.2, -0.15) is 5.26 Å². The number of benzene rings is 1. The fourth-order valence-electron chi connectivity index (χ4n) is 1.05. The van der Waals surface area contributed by atoms with Crippen LogP contribution < -0.4 is 5.48 Å². The molecule has 0 fully saturated rings. The Morgan fingerprint density at radius 1 is 1.56 bits per heavy atom. The largest absolute Gasteiger partial charge is 0.503 e. The molecule has 1 aromatic rings. The average Bonchev–Trinajstić information content (AvgIpc) is 2.37. The van der Waals surface area contributed by atoms with Gasteiger partial charge in [0.25, 0.3) is 0 Å². The van der Waals surface area contributed by atoms with Crippen LogP contribution in [0.5, 0.6) is 0 Å². The topological polar surface area (TPSA) is 71.3 Å². The summed E-state index contributed by atoms with van der Waals surface area (Å²) in [7, 11) is 1.33. The Morgan fingerprint density at radius 3 is 2.83 bits per heavy atom. The maximum atomic E-state index is 11.4. The van der Waals surface area contributed by atoms with Gasteiger partial charge >= 0.3 is 5.97 Å². The summed E-state index contributed by atoms with van der Waals surface area (Å²) in [5.41, 5.74) is 3.57. The molecule has 0 aromatic heterocycles. The first-order valence-corrected chi connectivity index (χ1v) is 5.32. The highest BCUT2D eigenvalue weighted by Gasteiger charge is 2.11. The second kappa shape index (κ2) is 6.52. The van der Waals surface area contributed by atoms with E-state index in [1.807, 2.05) is 6.92 Å². The minimum atomic E-state index is -0.837. The SMILES string of the molecule is COC=C(C#N)C(=O)ONc1ccc(C)c(Cl)c1. The Kier molecular flexibility index (Phi) is 5.03. The van der Waals surface area contributed by atoms with E-state index in [2.05, 4.69) is 10.2 Å². The Bertz CT molecular complexity index is 521. The summed E-state index contributed by atoms with van der Waals surface area (Å²) in [6.07, 6.45) is 1.01. The van der Waals surface area contributed by atoms with Gasteiger partial charge in [-0.1, -0.05) is 17.7 Å². The quantitative estimate of drug-likeness (QED) is 0.392. The number of hydrogen-bond donors (Lipinski definition) is 1. The van der Waals surface area contributed by atoms with Crippen LogP contribution in [0.1, 0.15) is 5.56 Å². The van der Waals surface area contributed by atoms with E-state index in [9.17, 15) is 4.79 Å². The number of nitriles is 1. The normalized spacial score (nSPS) is 10.4. The molecule has 0 amide bonds. The van der Waals surface area contributed by atoms with Crippen molar-refractivity contribution >= 4 is 23.3 Å². The predicted octanol–water partition coefficient (Wildman–Crippen LogP) is 2.57. The van der Waals surface area contributed by atoms with E-state index in [1.54, 1.807) is 24.3 Å². The maximum absolute atomic E-state index is 11.4. The lowest BCUT2D eigenvalue weighted by molar-refractivity contribution is -0.135. The summed E-state index contributed by atoms with van der Waals surface area (Å²) in [5, 5.41) is 9.20. The number of anilines is 1. The minimum Gasteiger partial charge on any atom is -0.503 e. The van der Waals surface area contributed by atoms with Crippen LogP contribution in [0.2, 0.25) is 5.02 Å².